The third kappa shape index (κ3) is 2.44. The average Bonchev–Trinajstić information content (AvgIpc) is 2.55. The van der Waals surface area contributed by atoms with Crippen molar-refractivity contribution < 1.29 is 29.2 Å². The van der Waals surface area contributed by atoms with Gasteiger partial charge in [-0.1, -0.05) is 0 Å². The molecule has 118 valence electrons. The van der Waals surface area contributed by atoms with E-state index in [1.165, 1.54) is 32.6 Å². The highest BCUT2D eigenvalue weighted by atomic mass is 16.5. The second-order valence-corrected chi connectivity index (χ2v) is 4.91. The van der Waals surface area contributed by atoms with Gasteiger partial charge in [-0.25, -0.2) is 4.42 Å². The summed E-state index contributed by atoms with van der Waals surface area (Å²) in [7, 11) is 2.90. The van der Waals surface area contributed by atoms with Crippen LogP contribution in [0.15, 0.2) is 41.0 Å². The van der Waals surface area contributed by atoms with Crippen LogP contribution < -0.4 is 9.47 Å². The van der Waals surface area contributed by atoms with Gasteiger partial charge < -0.3 is 24.8 Å². The Balaban J connectivity index is 2.20. The van der Waals surface area contributed by atoms with Crippen LogP contribution in [0.4, 0.5) is 0 Å². The minimum absolute atomic E-state index is 0.110. The molecule has 0 aliphatic rings. The molecular weight excluding hydrogens is 300 g/mol. The monoisotopic (exact) mass is 315 g/mol. The van der Waals surface area contributed by atoms with Crippen LogP contribution in [-0.2, 0) is 0 Å². The molecule has 0 fully saturated rings. The first kappa shape index (κ1) is 14.8. The molecule has 6 heteroatoms. The summed E-state index contributed by atoms with van der Waals surface area (Å²) in [5.41, 5.74) is 1.65. The number of hydrogen-bond donors (Lipinski definition) is 3. The molecule has 0 unspecified atom stereocenters. The molecule has 1 aromatic heterocycles. The van der Waals surface area contributed by atoms with Crippen molar-refractivity contribution in [3.05, 3.63) is 36.6 Å². The van der Waals surface area contributed by atoms with Crippen molar-refractivity contribution in [1.82, 2.24) is 0 Å². The zero-order valence-corrected chi connectivity index (χ0v) is 12.5. The molecule has 3 aromatic rings. The number of phenolic OH excluding ortho intramolecular Hbond substituents is 3. The predicted molar refractivity (Wildman–Crippen MR) is 84.2 cm³/mol. The third-order valence-corrected chi connectivity index (χ3v) is 3.56. The number of fused-ring (bicyclic) bond motifs is 1. The second-order valence-electron chi connectivity index (χ2n) is 4.91. The lowest BCUT2D eigenvalue weighted by molar-refractivity contribution is 0.341. The summed E-state index contributed by atoms with van der Waals surface area (Å²) in [4.78, 5) is 0. The van der Waals surface area contributed by atoms with Gasteiger partial charge in [-0.15, -0.1) is 0 Å². The van der Waals surface area contributed by atoms with E-state index in [1.807, 2.05) is 0 Å². The molecule has 2 aromatic carbocycles. The molecule has 0 bridgehead atoms. The zero-order chi connectivity index (χ0) is 16.6. The Morgan fingerprint density at radius 1 is 0.913 bits per heavy atom. The summed E-state index contributed by atoms with van der Waals surface area (Å²) in [6.45, 7) is 0. The van der Waals surface area contributed by atoms with Gasteiger partial charge in [0.05, 0.1) is 31.2 Å². The van der Waals surface area contributed by atoms with Crippen LogP contribution in [0.5, 0.6) is 28.7 Å². The molecule has 0 amide bonds. The van der Waals surface area contributed by atoms with Crippen LogP contribution in [-0.4, -0.2) is 29.5 Å². The van der Waals surface area contributed by atoms with Gasteiger partial charge in [0.2, 0.25) is 5.75 Å². The highest BCUT2D eigenvalue weighted by Crippen LogP contribution is 2.44. The Kier molecular flexibility index (Phi) is 3.57. The zero-order valence-electron chi connectivity index (χ0n) is 12.5. The van der Waals surface area contributed by atoms with Crippen molar-refractivity contribution in [2.75, 3.05) is 14.2 Å². The topological polar surface area (TPSA) is 90.5 Å². The van der Waals surface area contributed by atoms with Crippen LogP contribution >= 0.6 is 0 Å². The van der Waals surface area contributed by atoms with Crippen molar-refractivity contribution in [2.45, 2.75) is 0 Å². The second kappa shape index (κ2) is 5.57. The summed E-state index contributed by atoms with van der Waals surface area (Å²) >= 11 is 0. The van der Waals surface area contributed by atoms with Gasteiger partial charge in [0.1, 0.15) is 0 Å². The number of rotatable bonds is 3. The first-order valence-corrected chi connectivity index (χ1v) is 6.77. The van der Waals surface area contributed by atoms with Crippen molar-refractivity contribution in [2.24, 2.45) is 0 Å². The summed E-state index contributed by atoms with van der Waals surface area (Å²) in [6, 6.07) is 7.83. The standard InChI is InChI=1S/C17H14O6/c1-21-14-4-3-11(17(22-2)16(14)20)10-5-9-6-12(18)13(19)7-15(9)23-8-10/h3-8H,1-2H3,(H2-,18,19,20)/p+1. The number of ether oxygens (including phenoxy) is 2. The lowest BCUT2D eigenvalue weighted by atomic mass is 10.0. The van der Waals surface area contributed by atoms with E-state index in [2.05, 4.69) is 0 Å². The van der Waals surface area contributed by atoms with E-state index in [0.717, 1.165) is 0 Å². The quantitative estimate of drug-likeness (QED) is 0.506. The number of phenols is 3. The molecule has 0 aliphatic heterocycles. The van der Waals surface area contributed by atoms with E-state index in [4.69, 9.17) is 13.9 Å². The van der Waals surface area contributed by atoms with Crippen LogP contribution in [0.25, 0.3) is 22.1 Å². The van der Waals surface area contributed by atoms with E-state index < -0.39 is 0 Å². The minimum atomic E-state index is -0.256. The molecule has 6 nitrogen and oxygen atoms in total. The maximum absolute atomic E-state index is 10.2. The average molecular weight is 315 g/mol. The number of hydrogen-bond acceptors (Lipinski definition) is 5. The maximum atomic E-state index is 10.2. The molecule has 0 atom stereocenters. The van der Waals surface area contributed by atoms with Gasteiger partial charge in [0, 0.05) is 11.6 Å². The molecule has 0 saturated heterocycles. The van der Waals surface area contributed by atoms with Gasteiger partial charge >= 0.3 is 11.8 Å². The van der Waals surface area contributed by atoms with Crippen molar-refractivity contribution in [3.63, 3.8) is 0 Å². The lowest BCUT2D eigenvalue weighted by Gasteiger charge is -2.11. The molecule has 23 heavy (non-hydrogen) atoms. The van der Waals surface area contributed by atoms with Crippen LogP contribution in [0.3, 0.4) is 0 Å². The smallest absolute Gasteiger partial charge is 0.363 e. The van der Waals surface area contributed by atoms with Crippen LogP contribution in [0, 0.1) is 0 Å². The highest BCUT2D eigenvalue weighted by Gasteiger charge is 2.20. The molecule has 0 spiro atoms. The molecule has 0 saturated carbocycles. The normalized spacial score (nSPS) is 10.7. The van der Waals surface area contributed by atoms with Crippen molar-refractivity contribution in [3.8, 4) is 39.9 Å². The van der Waals surface area contributed by atoms with Crippen molar-refractivity contribution >= 4 is 11.0 Å². The number of methoxy groups -OCH3 is 2. The van der Waals surface area contributed by atoms with Crippen LogP contribution in [0.1, 0.15) is 0 Å². The number of aromatic hydroxyl groups is 3. The molecule has 3 N–H and O–H groups in total. The fourth-order valence-corrected chi connectivity index (χ4v) is 2.41. The highest BCUT2D eigenvalue weighted by molar-refractivity contribution is 5.86. The Bertz CT molecular complexity index is 888. The minimum Gasteiger partial charge on any atom is -0.504 e. The summed E-state index contributed by atoms with van der Waals surface area (Å²) in [6.07, 6.45) is 1.47. The lowest BCUT2D eigenvalue weighted by Crippen LogP contribution is -1.92. The SMILES string of the molecule is COc1ccc(-c2c[o+]c3cc(O)c(O)cc3c2)c(OC)c1O. The molecule has 0 radical (unpaired) electrons. The van der Waals surface area contributed by atoms with Gasteiger partial charge in [-0.3, -0.25) is 0 Å². The maximum Gasteiger partial charge on any atom is 0.363 e. The molecule has 0 aliphatic carbocycles. The Morgan fingerprint density at radius 3 is 2.35 bits per heavy atom. The van der Waals surface area contributed by atoms with E-state index in [-0.39, 0.29) is 23.0 Å². The van der Waals surface area contributed by atoms with Crippen molar-refractivity contribution in [1.29, 1.82) is 0 Å². The fourth-order valence-electron chi connectivity index (χ4n) is 2.41. The van der Waals surface area contributed by atoms with Gasteiger partial charge in [-0.2, -0.15) is 0 Å². The fraction of sp³-hybridized carbons (Fsp3) is 0.118. The van der Waals surface area contributed by atoms with Gasteiger partial charge in [0.15, 0.2) is 23.0 Å². The van der Waals surface area contributed by atoms with Gasteiger partial charge in [0.25, 0.3) is 0 Å². The molecular formula is C17H15O6+. The summed E-state index contributed by atoms with van der Waals surface area (Å²) < 4.78 is 15.8. The van der Waals surface area contributed by atoms with E-state index in [9.17, 15) is 15.3 Å². The van der Waals surface area contributed by atoms with Gasteiger partial charge in [-0.05, 0) is 18.2 Å². The van der Waals surface area contributed by atoms with E-state index in [1.54, 1.807) is 18.2 Å². The summed E-state index contributed by atoms with van der Waals surface area (Å²) in [5.74, 6) is -0.0583. The Hall–Kier alpha value is -3.15. The largest absolute Gasteiger partial charge is 0.504 e. The third-order valence-electron chi connectivity index (χ3n) is 3.56. The number of benzene rings is 2. The Labute approximate surface area is 131 Å². The first-order valence-electron chi connectivity index (χ1n) is 6.77. The van der Waals surface area contributed by atoms with Crippen LogP contribution in [0.2, 0.25) is 0 Å². The molecule has 3 rings (SSSR count). The predicted octanol–water partition coefficient (Wildman–Crippen LogP) is 3.51. The van der Waals surface area contributed by atoms with E-state index >= 15 is 0 Å². The van der Waals surface area contributed by atoms with E-state index in [0.29, 0.717) is 27.8 Å². The molecule has 1 heterocycles. The summed E-state index contributed by atoms with van der Waals surface area (Å²) in [5, 5.41) is 29.9. The first-order chi connectivity index (χ1) is 11.0. The Morgan fingerprint density at radius 2 is 1.65 bits per heavy atom.